The van der Waals surface area contributed by atoms with Gasteiger partial charge < -0.3 is 14.6 Å². The Morgan fingerprint density at radius 2 is 2.03 bits per heavy atom. The van der Waals surface area contributed by atoms with Crippen LogP contribution < -0.4 is 10.9 Å². The number of carbonyl (C=O) groups excluding carboxylic acids is 1. The van der Waals surface area contributed by atoms with E-state index in [-0.39, 0.29) is 17.6 Å². The molecule has 0 spiro atoms. The van der Waals surface area contributed by atoms with Crippen molar-refractivity contribution in [2.45, 2.75) is 52.2 Å². The first kappa shape index (κ1) is 20.3. The third kappa shape index (κ3) is 4.03. The highest BCUT2D eigenvalue weighted by Crippen LogP contribution is 2.23. The van der Waals surface area contributed by atoms with Crippen molar-refractivity contribution in [3.05, 3.63) is 58.3 Å². The van der Waals surface area contributed by atoms with Crippen molar-refractivity contribution in [2.75, 3.05) is 13.2 Å². The van der Waals surface area contributed by atoms with Gasteiger partial charge in [-0.1, -0.05) is 18.2 Å². The molecule has 3 aromatic rings. The molecule has 1 aliphatic rings. The summed E-state index contributed by atoms with van der Waals surface area (Å²) in [6, 6.07) is 9.43. The van der Waals surface area contributed by atoms with Gasteiger partial charge in [0.25, 0.3) is 5.56 Å². The Morgan fingerprint density at radius 1 is 1.23 bits per heavy atom. The van der Waals surface area contributed by atoms with Gasteiger partial charge in [0.05, 0.1) is 23.4 Å². The van der Waals surface area contributed by atoms with Crippen LogP contribution in [-0.2, 0) is 16.1 Å². The van der Waals surface area contributed by atoms with Crippen molar-refractivity contribution in [1.29, 1.82) is 0 Å². The summed E-state index contributed by atoms with van der Waals surface area (Å²) in [5, 5.41) is 8.90. The minimum atomic E-state index is -0.118. The smallest absolute Gasteiger partial charge is 0.281 e. The van der Waals surface area contributed by atoms with Crippen molar-refractivity contribution >= 4 is 16.7 Å². The lowest BCUT2D eigenvalue weighted by atomic mass is 10.2. The number of fused-ring (bicyclic) bond motifs is 1. The quantitative estimate of drug-likeness (QED) is 0.652. The predicted octanol–water partition coefficient (Wildman–Crippen LogP) is 2.88. The number of ether oxygens (including phenoxy) is 1. The van der Waals surface area contributed by atoms with Crippen molar-refractivity contribution in [2.24, 2.45) is 0 Å². The zero-order chi connectivity index (χ0) is 21.1. The Kier molecular flexibility index (Phi) is 5.99. The number of aryl methyl sites for hydroxylation is 2. The molecule has 2 aromatic heterocycles. The molecule has 1 aliphatic heterocycles. The molecule has 1 amide bonds. The fraction of sp³-hybridized carbons (Fsp3) is 0.435. The molecule has 0 bridgehead atoms. The maximum absolute atomic E-state index is 13.1. The molecule has 30 heavy (non-hydrogen) atoms. The van der Waals surface area contributed by atoms with Gasteiger partial charge >= 0.3 is 0 Å². The number of nitrogens with zero attached hydrogens (tertiary/aromatic N) is 3. The number of hydrogen-bond donors (Lipinski definition) is 1. The molecular weight excluding hydrogens is 380 g/mol. The van der Waals surface area contributed by atoms with E-state index in [1.807, 2.05) is 44.2 Å². The van der Waals surface area contributed by atoms with Gasteiger partial charge in [-0.05, 0) is 45.2 Å². The molecule has 7 nitrogen and oxygen atoms in total. The van der Waals surface area contributed by atoms with Crippen LogP contribution in [0.3, 0.4) is 0 Å². The molecule has 1 fully saturated rings. The summed E-state index contributed by atoms with van der Waals surface area (Å²) in [5.41, 5.74) is 2.55. The largest absolute Gasteiger partial charge is 0.376 e. The molecule has 0 unspecified atom stereocenters. The van der Waals surface area contributed by atoms with E-state index in [0.717, 1.165) is 41.9 Å². The summed E-state index contributed by atoms with van der Waals surface area (Å²) in [7, 11) is 0. The van der Waals surface area contributed by atoms with Crippen LogP contribution in [-0.4, -0.2) is 39.5 Å². The first-order valence-electron chi connectivity index (χ1n) is 10.6. The Hall–Kier alpha value is -2.93. The maximum Gasteiger partial charge on any atom is 0.281 e. The van der Waals surface area contributed by atoms with Gasteiger partial charge in [-0.2, -0.15) is 9.78 Å². The molecule has 0 radical (unpaired) electrons. The summed E-state index contributed by atoms with van der Waals surface area (Å²) in [4.78, 5) is 25.3. The minimum Gasteiger partial charge on any atom is -0.376 e. The molecule has 4 rings (SSSR count). The van der Waals surface area contributed by atoms with E-state index in [1.165, 1.54) is 4.68 Å². The number of rotatable bonds is 7. The number of aromatic nitrogens is 3. The first-order chi connectivity index (χ1) is 14.6. The van der Waals surface area contributed by atoms with Gasteiger partial charge in [0, 0.05) is 42.9 Å². The van der Waals surface area contributed by atoms with Crippen molar-refractivity contribution in [1.82, 2.24) is 19.7 Å². The van der Waals surface area contributed by atoms with E-state index < -0.39 is 0 Å². The van der Waals surface area contributed by atoms with Gasteiger partial charge in [-0.25, -0.2) is 0 Å². The van der Waals surface area contributed by atoms with Crippen LogP contribution >= 0.6 is 0 Å². The molecule has 158 valence electrons. The van der Waals surface area contributed by atoms with E-state index in [0.29, 0.717) is 31.3 Å². The zero-order valence-corrected chi connectivity index (χ0v) is 17.6. The van der Waals surface area contributed by atoms with Crippen LogP contribution in [0.4, 0.5) is 0 Å². The lowest BCUT2D eigenvalue weighted by Crippen LogP contribution is -2.31. The van der Waals surface area contributed by atoms with E-state index in [1.54, 1.807) is 6.20 Å². The molecule has 7 heteroatoms. The molecule has 1 atom stereocenters. The second kappa shape index (κ2) is 8.83. The van der Waals surface area contributed by atoms with Gasteiger partial charge in [0.15, 0.2) is 0 Å². The van der Waals surface area contributed by atoms with E-state index in [9.17, 15) is 9.59 Å². The second-order valence-electron chi connectivity index (χ2n) is 7.85. The van der Waals surface area contributed by atoms with Gasteiger partial charge in [-0.15, -0.1) is 0 Å². The fourth-order valence-electron chi connectivity index (χ4n) is 4.22. The Bertz CT molecular complexity index is 1100. The van der Waals surface area contributed by atoms with E-state index >= 15 is 0 Å². The number of benzene rings is 1. The summed E-state index contributed by atoms with van der Waals surface area (Å²) in [6.45, 7) is 6.03. The van der Waals surface area contributed by atoms with Crippen LogP contribution in [0.15, 0.2) is 41.3 Å². The third-order valence-corrected chi connectivity index (χ3v) is 5.88. The first-order valence-corrected chi connectivity index (χ1v) is 10.6. The fourth-order valence-corrected chi connectivity index (χ4v) is 4.22. The van der Waals surface area contributed by atoms with Gasteiger partial charge in [-0.3, -0.25) is 9.59 Å². The highest BCUT2D eigenvalue weighted by Gasteiger charge is 2.18. The second-order valence-corrected chi connectivity index (χ2v) is 7.85. The average molecular weight is 409 g/mol. The van der Waals surface area contributed by atoms with E-state index in [4.69, 9.17) is 4.74 Å². The SMILES string of the molecule is Cc1c2cnn(-c3ccccc3)c(=O)c2c(C)n1CCCC(=O)NC[C@H]1CCCO1. The van der Waals surface area contributed by atoms with Gasteiger partial charge in [0.2, 0.25) is 5.91 Å². The predicted molar refractivity (Wildman–Crippen MR) is 116 cm³/mol. The van der Waals surface area contributed by atoms with Crippen LogP contribution in [0.5, 0.6) is 0 Å². The highest BCUT2D eigenvalue weighted by molar-refractivity contribution is 5.87. The number of nitrogens with one attached hydrogen (secondary N) is 1. The third-order valence-electron chi connectivity index (χ3n) is 5.88. The Morgan fingerprint density at radius 3 is 2.77 bits per heavy atom. The summed E-state index contributed by atoms with van der Waals surface area (Å²) in [6.07, 6.45) is 5.17. The number of para-hydroxylation sites is 1. The highest BCUT2D eigenvalue weighted by atomic mass is 16.5. The Labute approximate surface area is 175 Å². The standard InChI is InChI=1S/C23H28N4O3/c1-16-20-15-25-27(18-8-4-3-5-9-18)23(29)22(20)17(2)26(16)12-6-11-21(28)24-14-19-10-7-13-30-19/h3-5,8-9,15,19H,6-7,10-14H2,1-2H3,(H,24,28)/t19-/m1/s1. The van der Waals surface area contributed by atoms with Crippen LogP contribution in [0, 0.1) is 13.8 Å². The lowest BCUT2D eigenvalue weighted by Gasteiger charge is -2.12. The minimum absolute atomic E-state index is 0.0469. The molecule has 1 saturated heterocycles. The summed E-state index contributed by atoms with van der Waals surface area (Å²) in [5.74, 6) is 0.0469. The summed E-state index contributed by atoms with van der Waals surface area (Å²) < 4.78 is 9.10. The number of hydrogen-bond acceptors (Lipinski definition) is 4. The van der Waals surface area contributed by atoms with Crippen LogP contribution in [0.1, 0.15) is 37.1 Å². The monoisotopic (exact) mass is 408 g/mol. The van der Waals surface area contributed by atoms with Crippen LogP contribution in [0.25, 0.3) is 16.5 Å². The van der Waals surface area contributed by atoms with Crippen molar-refractivity contribution in [3.63, 3.8) is 0 Å². The molecule has 3 heterocycles. The average Bonchev–Trinajstić information content (AvgIpc) is 3.36. The number of carbonyl (C=O) groups is 1. The normalized spacial score (nSPS) is 16.3. The molecule has 1 N–H and O–H groups in total. The topological polar surface area (TPSA) is 78.2 Å². The molecule has 0 saturated carbocycles. The Balaban J connectivity index is 1.47. The number of amides is 1. The van der Waals surface area contributed by atoms with Crippen molar-refractivity contribution < 1.29 is 9.53 Å². The molecular formula is C23H28N4O3. The lowest BCUT2D eigenvalue weighted by molar-refractivity contribution is -0.121. The molecule has 0 aliphatic carbocycles. The van der Waals surface area contributed by atoms with Crippen molar-refractivity contribution in [3.8, 4) is 5.69 Å². The molecule has 1 aromatic carbocycles. The van der Waals surface area contributed by atoms with Crippen LogP contribution in [0.2, 0.25) is 0 Å². The summed E-state index contributed by atoms with van der Waals surface area (Å²) >= 11 is 0. The zero-order valence-electron chi connectivity index (χ0n) is 17.6. The maximum atomic E-state index is 13.1. The van der Waals surface area contributed by atoms with Gasteiger partial charge in [0.1, 0.15) is 0 Å². The van der Waals surface area contributed by atoms with E-state index in [2.05, 4.69) is 15.0 Å².